The summed E-state index contributed by atoms with van der Waals surface area (Å²) in [5.74, 6) is 0.0343. The molecule has 1 fully saturated rings. The van der Waals surface area contributed by atoms with Gasteiger partial charge in [-0.05, 0) is 31.9 Å². The van der Waals surface area contributed by atoms with Crippen LogP contribution in [0.1, 0.15) is 26.7 Å². The first-order chi connectivity index (χ1) is 10.0. The summed E-state index contributed by atoms with van der Waals surface area (Å²) in [6.45, 7) is 5.78. The second-order valence-electron chi connectivity index (χ2n) is 6.17. The van der Waals surface area contributed by atoms with E-state index in [0.717, 1.165) is 25.9 Å². The number of anilines is 1. The minimum Gasteiger partial charge on any atom is -0.369 e. The summed E-state index contributed by atoms with van der Waals surface area (Å²) in [7, 11) is 1.92. The number of para-hydroxylation sites is 1. The predicted octanol–water partition coefficient (Wildman–Crippen LogP) is 2.10. The van der Waals surface area contributed by atoms with E-state index in [2.05, 4.69) is 29.2 Å². The number of likely N-dealkylation sites (N-methyl/N-ethyl adjacent to an activating group) is 1. The number of carbonyl (C=O) groups is 1. The molecule has 2 rings (SSSR count). The van der Waals surface area contributed by atoms with Crippen molar-refractivity contribution in [3.63, 3.8) is 0 Å². The Morgan fingerprint density at radius 1 is 1.33 bits per heavy atom. The maximum absolute atomic E-state index is 12.5. The third kappa shape index (κ3) is 3.76. The summed E-state index contributed by atoms with van der Waals surface area (Å²) in [5.41, 5.74) is 7.10. The number of piperidine rings is 1. The zero-order valence-electron chi connectivity index (χ0n) is 13.3. The van der Waals surface area contributed by atoms with Gasteiger partial charge in [-0.15, -0.1) is 0 Å². The number of benzene rings is 1. The van der Waals surface area contributed by atoms with Gasteiger partial charge in [0.2, 0.25) is 5.91 Å². The molecular formula is C17H27N3O. The van der Waals surface area contributed by atoms with E-state index in [4.69, 9.17) is 5.73 Å². The molecule has 4 nitrogen and oxygen atoms in total. The van der Waals surface area contributed by atoms with E-state index >= 15 is 0 Å². The van der Waals surface area contributed by atoms with E-state index in [9.17, 15) is 4.79 Å². The van der Waals surface area contributed by atoms with E-state index < -0.39 is 0 Å². The maximum Gasteiger partial charge on any atom is 0.227 e. The Labute approximate surface area is 127 Å². The zero-order valence-corrected chi connectivity index (χ0v) is 13.3. The summed E-state index contributed by atoms with van der Waals surface area (Å²) in [5, 5.41) is 0. The summed E-state index contributed by atoms with van der Waals surface area (Å²) < 4.78 is 0. The van der Waals surface area contributed by atoms with Gasteiger partial charge in [0, 0.05) is 37.9 Å². The van der Waals surface area contributed by atoms with Gasteiger partial charge in [0.25, 0.3) is 0 Å². The molecule has 1 aromatic carbocycles. The molecule has 0 aliphatic carbocycles. The fraction of sp³-hybridized carbons (Fsp3) is 0.588. The van der Waals surface area contributed by atoms with Crippen molar-refractivity contribution >= 4 is 11.6 Å². The molecular weight excluding hydrogens is 262 g/mol. The summed E-state index contributed by atoms with van der Waals surface area (Å²) in [4.78, 5) is 16.7. The van der Waals surface area contributed by atoms with Crippen LogP contribution < -0.4 is 10.6 Å². The van der Waals surface area contributed by atoms with Crippen molar-refractivity contribution in [3.05, 3.63) is 30.3 Å². The van der Waals surface area contributed by atoms with Gasteiger partial charge >= 0.3 is 0 Å². The standard InChI is InChI=1S/C17H27N3O/c1-13(14(2)18)17(21)19(3)16-10-7-11-20(12-16)15-8-5-4-6-9-15/h4-6,8-9,13-14,16H,7,10-12,18H2,1-3H3. The van der Waals surface area contributed by atoms with Crippen molar-refractivity contribution in [2.24, 2.45) is 11.7 Å². The third-order valence-electron chi connectivity index (χ3n) is 4.59. The minimum atomic E-state index is -0.123. The SMILES string of the molecule is CC(N)C(C)C(=O)N(C)C1CCCN(c2ccccc2)C1. The van der Waals surface area contributed by atoms with Gasteiger partial charge in [-0.2, -0.15) is 0 Å². The Morgan fingerprint density at radius 3 is 2.62 bits per heavy atom. The highest BCUT2D eigenvalue weighted by Gasteiger charge is 2.29. The number of carbonyl (C=O) groups excluding carboxylic acids is 1. The molecule has 1 aromatic rings. The van der Waals surface area contributed by atoms with Crippen molar-refractivity contribution in [2.45, 2.75) is 38.8 Å². The van der Waals surface area contributed by atoms with Crippen LogP contribution in [-0.2, 0) is 4.79 Å². The molecule has 1 amide bonds. The summed E-state index contributed by atoms with van der Waals surface area (Å²) in [6, 6.07) is 10.6. The number of amides is 1. The fourth-order valence-corrected chi connectivity index (χ4v) is 2.87. The van der Waals surface area contributed by atoms with Crippen molar-refractivity contribution in [3.8, 4) is 0 Å². The molecule has 116 valence electrons. The van der Waals surface area contributed by atoms with E-state index in [-0.39, 0.29) is 23.9 Å². The Hall–Kier alpha value is -1.55. The lowest BCUT2D eigenvalue weighted by molar-refractivity contribution is -0.136. The van der Waals surface area contributed by atoms with Crippen molar-refractivity contribution in [2.75, 3.05) is 25.0 Å². The smallest absolute Gasteiger partial charge is 0.227 e. The highest BCUT2D eigenvalue weighted by Crippen LogP contribution is 2.22. The molecule has 1 saturated heterocycles. The van der Waals surface area contributed by atoms with Gasteiger partial charge < -0.3 is 15.5 Å². The number of hydrogen-bond acceptors (Lipinski definition) is 3. The van der Waals surface area contributed by atoms with Gasteiger partial charge in [0.1, 0.15) is 0 Å². The van der Waals surface area contributed by atoms with Crippen LogP contribution in [-0.4, -0.2) is 43.0 Å². The number of nitrogens with two attached hydrogens (primary N) is 1. The first kappa shape index (κ1) is 15.8. The Bertz CT molecular complexity index is 460. The number of rotatable bonds is 4. The van der Waals surface area contributed by atoms with Crippen LogP contribution in [0.15, 0.2) is 30.3 Å². The van der Waals surface area contributed by atoms with E-state index in [1.807, 2.05) is 31.9 Å². The van der Waals surface area contributed by atoms with Crippen molar-refractivity contribution in [1.82, 2.24) is 4.90 Å². The molecule has 0 aromatic heterocycles. The first-order valence-corrected chi connectivity index (χ1v) is 7.83. The first-order valence-electron chi connectivity index (χ1n) is 7.83. The summed E-state index contributed by atoms with van der Waals surface area (Å²) in [6.07, 6.45) is 2.18. The zero-order chi connectivity index (χ0) is 15.4. The number of nitrogens with zero attached hydrogens (tertiary/aromatic N) is 2. The van der Waals surface area contributed by atoms with E-state index in [0.29, 0.717) is 0 Å². The summed E-state index contributed by atoms with van der Waals surface area (Å²) >= 11 is 0. The maximum atomic E-state index is 12.5. The molecule has 0 spiro atoms. The normalized spacial score (nSPS) is 21.7. The average molecular weight is 289 g/mol. The van der Waals surface area contributed by atoms with Gasteiger partial charge in [0.05, 0.1) is 5.92 Å². The molecule has 0 saturated carbocycles. The van der Waals surface area contributed by atoms with Crippen LogP contribution in [0.2, 0.25) is 0 Å². The van der Waals surface area contributed by atoms with E-state index in [1.54, 1.807) is 0 Å². The Balaban J connectivity index is 2.02. The third-order valence-corrected chi connectivity index (χ3v) is 4.59. The van der Waals surface area contributed by atoms with Crippen molar-refractivity contribution in [1.29, 1.82) is 0 Å². The van der Waals surface area contributed by atoms with Gasteiger partial charge in [0.15, 0.2) is 0 Å². The fourth-order valence-electron chi connectivity index (χ4n) is 2.87. The monoisotopic (exact) mass is 289 g/mol. The predicted molar refractivity (Wildman–Crippen MR) is 87.3 cm³/mol. The van der Waals surface area contributed by atoms with Crippen LogP contribution in [0.4, 0.5) is 5.69 Å². The molecule has 0 bridgehead atoms. The van der Waals surface area contributed by atoms with Crippen LogP contribution in [0.3, 0.4) is 0 Å². The minimum absolute atomic E-state index is 0.103. The van der Waals surface area contributed by atoms with Crippen molar-refractivity contribution < 1.29 is 4.79 Å². The van der Waals surface area contributed by atoms with Gasteiger partial charge in [-0.1, -0.05) is 25.1 Å². The average Bonchev–Trinajstić information content (AvgIpc) is 2.53. The second-order valence-corrected chi connectivity index (χ2v) is 6.17. The van der Waals surface area contributed by atoms with E-state index in [1.165, 1.54) is 5.69 Å². The Morgan fingerprint density at radius 2 is 2.00 bits per heavy atom. The lowest BCUT2D eigenvalue weighted by atomic mass is 9.99. The topological polar surface area (TPSA) is 49.6 Å². The quantitative estimate of drug-likeness (QED) is 0.923. The molecule has 1 aliphatic rings. The molecule has 1 aliphatic heterocycles. The lowest BCUT2D eigenvalue weighted by Gasteiger charge is -2.40. The van der Waals surface area contributed by atoms with Crippen LogP contribution in [0, 0.1) is 5.92 Å². The molecule has 0 radical (unpaired) electrons. The largest absolute Gasteiger partial charge is 0.369 e. The number of hydrogen-bond donors (Lipinski definition) is 1. The molecule has 21 heavy (non-hydrogen) atoms. The molecule has 4 heteroatoms. The van der Waals surface area contributed by atoms with Crippen LogP contribution in [0.5, 0.6) is 0 Å². The molecule has 3 unspecified atom stereocenters. The lowest BCUT2D eigenvalue weighted by Crippen LogP contribution is -2.51. The van der Waals surface area contributed by atoms with Gasteiger partial charge in [-0.3, -0.25) is 4.79 Å². The van der Waals surface area contributed by atoms with Crippen LogP contribution in [0.25, 0.3) is 0 Å². The Kier molecular flexibility index (Phi) is 5.23. The molecule has 2 N–H and O–H groups in total. The molecule has 3 atom stereocenters. The highest BCUT2D eigenvalue weighted by molar-refractivity contribution is 5.79. The second kappa shape index (κ2) is 6.94. The van der Waals surface area contributed by atoms with Gasteiger partial charge in [-0.25, -0.2) is 0 Å². The molecule has 1 heterocycles. The highest BCUT2D eigenvalue weighted by atomic mass is 16.2. The van der Waals surface area contributed by atoms with Crippen LogP contribution >= 0.6 is 0 Å².